The molecule has 0 saturated carbocycles. The van der Waals surface area contributed by atoms with Crippen molar-refractivity contribution in [2.75, 3.05) is 0 Å². The van der Waals surface area contributed by atoms with Crippen molar-refractivity contribution in [3.8, 4) is 11.4 Å². The molecule has 0 N–H and O–H groups in total. The van der Waals surface area contributed by atoms with Gasteiger partial charge in [0.2, 0.25) is 0 Å². The quantitative estimate of drug-likeness (QED) is 0.216. The molecule has 0 saturated heterocycles. The first kappa shape index (κ1) is 21.1. The van der Waals surface area contributed by atoms with E-state index in [4.69, 9.17) is 11.6 Å². The molecule has 184 valence electrons. The normalized spacial score (nSPS) is 12.2. The molecule has 9 rings (SSSR count). The maximum Gasteiger partial charge on any atom is 0.123 e. The van der Waals surface area contributed by atoms with Gasteiger partial charge in [-0.1, -0.05) is 78.3 Å². The van der Waals surface area contributed by atoms with Gasteiger partial charge in [-0.2, -0.15) is 0 Å². The largest absolute Gasteiger partial charge is 0.293 e. The molecule has 0 aliphatic heterocycles. The average molecular weight is 521 g/mol. The number of rotatable bonds is 2. The summed E-state index contributed by atoms with van der Waals surface area (Å²) in [6.45, 7) is 0. The fourth-order valence-corrected chi connectivity index (χ4v) is 6.70. The minimum Gasteiger partial charge on any atom is -0.293 e. The third-order valence-corrected chi connectivity index (χ3v) is 8.39. The second-order valence-corrected chi connectivity index (χ2v) is 10.4. The van der Waals surface area contributed by atoms with Crippen molar-refractivity contribution in [3.05, 3.63) is 132 Å². The van der Waals surface area contributed by atoms with Crippen LogP contribution in [-0.4, -0.2) is 17.9 Å². The Hall–Kier alpha value is -4.93. The summed E-state index contributed by atoms with van der Waals surface area (Å²) < 4.78 is 9.24. The van der Waals surface area contributed by atoms with Gasteiger partial charge in [-0.15, -0.1) is 0 Å². The van der Waals surface area contributed by atoms with Gasteiger partial charge in [-0.25, -0.2) is 0 Å². The zero-order chi connectivity index (χ0) is 25.7. The molecule has 5 aromatic carbocycles. The van der Waals surface area contributed by atoms with E-state index in [9.17, 15) is 0 Å². The van der Waals surface area contributed by atoms with Crippen molar-refractivity contribution in [1.29, 1.82) is 0 Å². The Morgan fingerprint density at radius 2 is 0.769 bits per heavy atom. The first-order valence-electron chi connectivity index (χ1n) is 13.1. The van der Waals surface area contributed by atoms with Gasteiger partial charge in [0.15, 0.2) is 0 Å². The summed E-state index contributed by atoms with van der Waals surface area (Å²) in [6.07, 6.45) is 0. The maximum atomic E-state index is 7.43. The number of hydrogen-bond acceptors (Lipinski definition) is 0. The molecular weight excluding hydrogens is 500 g/mol. The number of hydrogen-bond donors (Lipinski definition) is 0. The molecule has 0 aliphatic carbocycles. The third-order valence-electron chi connectivity index (χ3n) is 8.01. The van der Waals surface area contributed by atoms with Crippen molar-refractivity contribution in [1.82, 2.24) is 17.9 Å². The number of aromatic nitrogens is 4. The molecule has 0 unspecified atom stereocenters. The smallest absolute Gasteiger partial charge is 0.123 e. The van der Waals surface area contributed by atoms with Crippen LogP contribution in [0.1, 0.15) is 0 Å². The van der Waals surface area contributed by atoms with Crippen molar-refractivity contribution >= 4 is 66.8 Å². The van der Waals surface area contributed by atoms with Crippen LogP contribution in [-0.2, 0) is 0 Å². The van der Waals surface area contributed by atoms with Gasteiger partial charge in [-0.3, -0.25) is 17.9 Å². The van der Waals surface area contributed by atoms with Crippen molar-refractivity contribution in [2.24, 2.45) is 0 Å². The van der Waals surface area contributed by atoms with Crippen molar-refractivity contribution < 1.29 is 0 Å². The molecule has 0 spiro atoms. The van der Waals surface area contributed by atoms with Gasteiger partial charge in [0.1, 0.15) is 11.3 Å². The first-order valence-corrected chi connectivity index (χ1v) is 13.5. The van der Waals surface area contributed by atoms with Gasteiger partial charge in [0, 0.05) is 10.8 Å². The van der Waals surface area contributed by atoms with E-state index < -0.39 is 0 Å². The Labute approximate surface area is 228 Å². The number of imidazole rings is 2. The molecule has 0 atom stereocenters. The van der Waals surface area contributed by atoms with E-state index in [2.05, 4.69) is 145 Å². The molecule has 0 aliphatic rings. The van der Waals surface area contributed by atoms with Crippen LogP contribution in [0.25, 0.3) is 66.5 Å². The lowest BCUT2D eigenvalue weighted by atomic mass is 10.2. The van der Waals surface area contributed by atoms with E-state index in [-0.39, 0.29) is 0 Å². The number of halogens is 1. The summed E-state index contributed by atoms with van der Waals surface area (Å²) in [5.41, 5.74) is 11.0. The third kappa shape index (κ3) is 2.68. The predicted octanol–water partition coefficient (Wildman–Crippen LogP) is 9.04. The fraction of sp³-hybridized carbons (Fsp3) is 0. The van der Waals surface area contributed by atoms with Crippen LogP contribution < -0.4 is 0 Å². The second kappa shape index (κ2) is 7.56. The molecule has 9 aromatic rings. The molecule has 0 amide bonds. The minimum atomic E-state index is 0.708. The summed E-state index contributed by atoms with van der Waals surface area (Å²) in [4.78, 5) is 0. The number of benzene rings is 5. The highest BCUT2D eigenvalue weighted by molar-refractivity contribution is 6.34. The monoisotopic (exact) mass is 520 g/mol. The zero-order valence-electron chi connectivity index (χ0n) is 20.8. The summed E-state index contributed by atoms with van der Waals surface area (Å²) in [7, 11) is 0. The van der Waals surface area contributed by atoms with E-state index >= 15 is 0 Å². The highest BCUT2D eigenvalue weighted by Gasteiger charge is 2.21. The van der Waals surface area contributed by atoms with E-state index in [0.717, 1.165) is 44.7 Å². The van der Waals surface area contributed by atoms with Gasteiger partial charge in [-0.05, 0) is 60.7 Å². The Morgan fingerprint density at radius 1 is 0.385 bits per heavy atom. The fourth-order valence-electron chi connectivity index (χ4n) is 6.41. The van der Waals surface area contributed by atoms with Gasteiger partial charge < -0.3 is 0 Å². The second-order valence-electron chi connectivity index (χ2n) is 10.1. The Morgan fingerprint density at radius 3 is 1.23 bits per heavy atom. The van der Waals surface area contributed by atoms with Gasteiger partial charge >= 0.3 is 0 Å². The van der Waals surface area contributed by atoms with Crippen molar-refractivity contribution in [2.45, 2.75) is 0 Å². The summed E-state index contributed by atoms with van der Waals surface area (Å²) in [6, 6.07) is 45.0. The number of nitrogens with zero attached hydrogens (tertiary/aromatic N) is 4. The van der Waals surface area contributed by atoms with Crippen LogP contribution in [0, 0.1) is 0 Å². The van der Waals surface area contributed by atoms with Gasteiger partial charge in [0.05, 0.1) is 49.5 Å². The van der Waals surface area contributed by atoms with Crippen molar-refractivity contribution in [3.63, 3.8) is 0 Å². The molecular formula is C34H21ClN4. The molecule has 4 heterocycles. The molecule has 0 fully saturated rings. The van der Waals surface area contributed by atoms with Crippen LogP contribution >= 0.6 is 11.6 Å². The maximum absolute atomic E-state index is 7.43. The van der Waals surface area contributed by atoms with E-state index in [0.29, 0.717) is 5.02 Å². The highest BCUT2D eigenvalue weighted by Crippen LogP contribution is 2.38. The van der Waals surface area contributed by atoms with Crippen LogP contribution in [0.15, 0.2) is 127 Å². The lowest BCUT2D eigenvalue weighted by molar-refractivity contribution is 1.11. The topological polar surface area (TPSA) is 18.7 Å². The molecule has 39 heavy (non-hydrogen) atoms. The van der Waals surface area contributed by atoms with Crippen LogP contribution in [0.4, 0.5) is 0 Å². The number of para-hydroxylation sites is 6. The summed E-state index contributed by atoms with van der Waals surface area (Å²) >= 11 is 7.43. The first-order chi connectivity index (χ1) is 19.3. The lowest BCUT2D eigenvalue weighted by Crippen LogP contribution is -2.00. The predicted molar refractivity (Wildman–Crippen MR) is 162 cm³/mol. The molecule has 0 bridgehead atoms. The highest BCUT2D eigenvalue weighted by atomic mass is 35.5. The molecule has 0 radical (unpaired) electrons. The summed E-state index contributed by atoms with van der Waals surface area (Å²) in [5, 5.41) is 3.12. The molecule has 5 heteroatoms. The van der Waals surface area contributed by atoms with Crippen LogP contribution in [0.2, 0.25) is 5.02 Å². The van der Waals surface area contributed by atoms with E-state index in [1.807, 2.05) is 0 Å². The van der Waals surface area contributed by atoms with Crippen LogP contribution in [0.3, 0.4) is 0 Å². The standard InChI is InChI=1S/C34H21ClN4/c35-34-30(38-28-16-7-5-14-26(28)36-24-12-3-1-10-22(24)20-32(36)38)18-9-19-31(34)39-29-17-8-6-15-27(29)37-25-13-4-2-11-23(25)21-33(37)39/h1-21H. The Bertz CT molecular complexity index is 2250. The Balaban J connectivity index is 1.41. The lowest BCUT2D eigenvalue weighted by Gasteiger charge is -2.14. The Kier molecular flexibility index (Phi) is 4.08. The van der Waals surface area contributed by atoms with Crippen LogP contribution in [0.5, 0.6) is 0 Å². The number of fused-ring (bicyclic) bond motifs is 10. The van der Waals surface area contributed by atoms with E-state index in [1.54, 1.807) is 0 Å². The molecule has 4 nitrogen and oxygen atoms in total. The zero-order valence-corrected chi connectivity index (χ0v) is 21.5. The minimum absolute atomic E-state index is 0.708. The average Bonchev–Trinajstić information content (AvgIpc) is 3.70. The molecule has 4 aromatic heterocycles. The van der Waals surface area contributed by atoms with Gasteiger partial charge in [0.25, 0.3) is 0 Å². The van der Waals surface area contributed by atoms with E-state index in [1.165, 1.54) is 21.8 Å². The summed E-state index contributed by atoms with van der Waals surface area (Å²) in [5.74, 6) is 0. The SMILES string of the molecule is Clc1c(-n2c3ccccc3n3c4ccccc4cc23)cccc1-n1c2ccccc2n2c3ccccc3cc12.